The average Bonchev–Trinajstić information content (AvgIpc) is 2.75. The standard InChI is InChI=1S/C10H17N5O/c1-2-8-12-9(14-11)5-10(13-8)15-4-3-7(16)6-15/h5,7,16H,2-4,6,11H2,1H3,(H,12,13,14). The number of anilines is 2. The molecule has 6 nitrogen and oxygen atoms in total. The Labute approximate surface area is 94.5 Å². The highest BCUT2D eigenvalue weighted by Crippen LogP contribution is 2.20. The Morgan fingerprint density at radius 1 is 1.62 bits per heavy atom. The number of aliphatic hydroxyl groups is 1. The van der Waals surface area contributed by atoms with Gasteiger partial charge in [-0.3, -0.25) is 0 Å². The van der Waals surface area contributed by atoms with Crippen LogP contribution in [0, 0.1) is 0 Å². The van der Waals surface area contributed by atoms with Gasteiger partial charge in [-0.05, 0) is 6.42 Å². The number of hydrogen-bond donors (Lipinski definition) is 3. The molecule has 4 N–H and O–H groups in total. The number of hydrogen-bond acceptors (Lipinski definition) is 6. The number of hydrazine groups is 1. The van der Waals surface area contributed by atoms with Gasteiger partial charge in [0, 0.05) is 25.6 Å². The van der Waals surface area contributed by atoms with E-state index >= 15 is 0 Å². The highest BCUT2D eigenvalue weighted by atomic mass is 16.3. The summed E-state index contributed by atoms with van der Waals surface area (Å²) in [7, 11) is 0. The van der Waals surface area contributed by atoms with Crippen molar-refractivity contribution in [3.8, 4) is 0 Å². The molecule has 0 radical (unpaired) electrons. The molecule has 1 unspecified atom stereocenters. The summed E-state index contributed by atoms with van der Waals surface area (Å²) in [5, 5.41) is 9.49. The van der Waals surface area contributed by atoms with Gasteiger partial charge >= 0.3 is 0 Å². The van der Waals surface area contributed by atoms with Crippen LogP contribution in [0.3, 0.4) is 0 Å². The smallest absolute Gasteiger partial charge is 0.145 e. The second-order valence-electron chi connectivity index (χ2n) is 3.91. The molecule has 0 spiro atoms. The van der Waals surface area contributed by atoms with E-state index in [1.54, 1.807) is 6.07 Å². The first-order valence-corrected chi connectivity index (χ1v) is 5.50. The number of nitrogens with zero attached hydrogens (tertiary/aromatic N) is 3. The Morgan fingerprint density at radius 2 is 2.44 bits per heavy atom. The molecule has 0 bridgehead atoms. The molecule has 2 rings (SSSR count). The molecule has 1 atom stereocenters. The molecule has 2 heterocycles. The number of nitrogens with one attached hydrogen (secondary N) is 1. The molecule has 1 aliphatic heterocycles. The number of β-amino-alcohol motifs (C(OH)–C–C–N with tert-alkyl or cyclic N) is 1. The minimum Gasteiger partial charge on any atom is -0.391 e. The molecule has 0 aliphatic carbocycles. The van der Waals surface area contributed by atoms with Crippen LogP contribution in [0.4, 0.5) is 11.6 Å². The molecule has 0 amide bonds. The van der Waals surface area contributed by atoms with Gasteiger partial charge in [-0.25, -0.2) is 15.8 Å². The van der Waals surface area contributed by atoms with Crippen LogP contribution >= 0.6 is 0 Å². The summed E-state index contributed by atoms with van der Waals surface area (Å²) in [6, 6.07) is 1.80. The zero-order valence-corrected chi connectivity index (χ0v) is 9.35. The van der Waals surface area contributed by atoms with Crippen molar-refractivity contribution in [2.75, 3.05) is 23.4 Å². The lowest BCUT2D eigenvalue weighted by molar-refractivity contribution is 0.198. The Morgan fingerprint density at radius 3 is 3.00 bits per heavy atom. The fourth-order valence-corrected chi connectivity index (χ4v) is 1.83. The van der Waals surface area contributed by atoms with E-state index in [4.69, 9.17) is 5.84 Å². The zero-order valence-electron chi connectivity index (χ0n) is 9.35. The van der Waals surface area contributed by atoms with Crippen LogP contribution < -0.4 is 16.2 Å². The third-order valence-corrected chi connectivity index (χ3v) is 2.71. The first-order chi connectivity index (χ1) is 7.72. The maximum atomic E-state index is 9.49. The maximum absolute atomic E-state index is 9.49. The van der Waals surface area contributed by atoms with Crippen molar-refractivity contribution in [1.82, 2.24) is 9.97 Å². The third-order valence-electron chi connectivity index (χ3n) is 2.71. The summed E-state index contributed by atoms with van der Waals surface area (Å²) in [4.78, 5) is 10.7. The van der Waals surface area contributed by atoms with Gasteiger partial charge < -0.3 is 15.4 Å². The van der Waals surface area contributed by atoms with Crippen molar-refractivity contribution in [2.24, 2.45) is 5.84 Å². The summed E-state index contributed by atoms with van der Waals surface area (Å²) in [5.41, 5.74) is 2.54. The molecule has 1 aliphatic rings. The van der Waals surface area contributed by atoms with Crippen LogP contribution in [0.2, 0.25) is 0 Å². The summed E-state index contributed by atoms with van der Waals surface area (Å²) >= 11 is 0. The fourth-order valence-electron chi connectivity index (χ4n) is 1.83. The second kappa shape index (κ2) is 4.63. The van der Waals surface area contributed by atoms with E-state index in [-0.39, 0.29) is 6.10 Å². The summed E-state index contributed by atoms with van der Waals surface area (Å²) in [6.07, 6.45) is 1.30. The quantitative estimate of drug-likeness (QED) is 0.490. The summed E-state index contributed by atoms with van der Waals surface area (Å²) < 4.78 is 0. The van der Waals surface area contributed by atoms with Crippen LogP contribution in [0.15, 0.2) is 6.07 Å². The van der Waals surface area contributed by atoms with Gasteiger partial charge in [0.15, 0.2) is 0 Å². The van der Waals surface area contributed by atoms with Crippen molar-refractivity contribution in [3.63, 3.8) is 0 Å². The fraction of sp³-hybridized carbons (Fsp3) is 0.600. The van der Waals surface area contributed by atoms with Crippen molar-refractivity contribution in [3.05, 3.63) is 11.9 Å². The Balaban J connectivity index is 2.25. The molecule has 6 heteroatoms. The van der Waals surface area contributed by atoms with Crippen LogP contribution in [0.1, 0.15) is 19.2 Å². The average molecular weight is 223 g/mol. The largest absolute Gasteiger partial charge is 0.391 e. The SMILES string of the molecule is CCc1nc(NN)cc(N2CCC(O)C2)n1. The molecular formula is C10H17N5O. The Kier molecular flexibility index (Phi) is 3.21. The zero-order chi connectivity index (χ0) is 11.5. The number of nitrogen functional groups attached to an aromatic ring is 1. The first-order valence-electron chi connectivity index (χ1n) is 5.50. The molecule has 0 saturated carbocycles. The molecular weight excluding hydrogens is 206 g/mol. The van der Waals surface area contributed by atoms with Gasteiger partial charge in [0.05, 0.1) is 6.10 Å². The van der Waals surface area contributed by atoms with E-state index in [9.17, 15) is 5.11 Å². The molecule has 88 valence electrons. The normalized spacial score (nSPS) is 20.2. The number of aryl methyl sites for hydroxylation is 1. The third kappa shape index (κ3) is 2.23. The first kappa shape index (κ1) is 11.1. The van der Waals surface area contributed by atoms with Gasteiger partial charge in [0.2, 0.25) is 0 Å². The number of nitrogens with two attached hydrogens (primary N) is 1. The Bertz CT molecular complexity index is 348. The van der Waals surface area contributed by atoms with Gasteiger partial charge in [-0.15, -0.1) is 0 Å². The second-order valence-corrected chi connectivity index (χ2v) is 3.91. The molecule has 1 saturated heterocycles. The van der Waals surface area contributed by atoms with E-state index in [1.165, 1.54) is 0 Å². The number of aromatic nitrogens is 2. The van der Waals surface area contributed by atoms with E-state index in [0.717, 1.165) is 31.0 Å². The highest BCUT2D eigenvalue weighted by Gasteiger charge is 2.22. The Hall–Kier alpha value is -1.40. The number of rotatable bonds is 3. The number of aliphatic hydroxyl groups excluding tert-OH is 1. The van der Waals surface area contributed by atoms with Gasteiger partial charge in [-0.2, -0.15) is 0 Å². The maximum Gasteiger partial charge on any atom is 0.145 e. The molecule has 1 aromatic rings. The predicted octanol–water partition coefficient (Wildman–Crippen LogP) is -0.104. The topological polar surface area (TPSA) is 87.3 Å². The van der Waals surface area contributed by atoms with E-state index in [1.807, 2.05) is 11.8 Å². The van der Waals surface area contributed by atoms with Crippen molar-refractivity contribution in [2.45, 2.75) is 25.9 Å². The van der Waals surface area contributed by atoms with Crippen molar-refractivity contribution >= 4 is 11.6 Å². The highest BCUT2D eigenvalue weighted by molar-refractivity contribution is 5.49. The predicted molar refractivity (Wildman–Crippen MR) is 62.1 cm³/mol. The molecule has 0 aromatic carbocycles. The monoisotopic (exact) mass is 223 g/mol. The van der Waals surface area contributed by atoms with E-state index in [2.05, 4.69) is 15.4 Å². The van der Waals surface area contributed by atoms with Gasteiger partial charge in [-0.1, -0.05) is 6.92 Å². The van der Waals surface area contributed by atoms with Crippen LogP contribution in [0.25, 0.3) is 0 Å². The molecule has 16 heavy (non-hydrogen) atoms. The van der Waals surface area contributed by atoms with Crippen LogP contribution in [0.5, 0.6) is 0 Å². The van der Waals surface area contributed by atoms with Crippen LogP contribution in [-0.2, 0) is 6.42 Å². The summed E-state index contributed by atoms with van der Waals surface area (Å²) in [6.45, 7) is 3.45. The molecule has 1 aromatic heterocycles. The van der Waals surface area contributed by atoms with Crippen molar-refractivity contribution < 1.29 is 5.11 Å². The molecule has 1 fully saturated rings. The van der Waals surface area contributed by atoms with Gasteiger partial charge in [0.1, 0.15) is 17.5 Å². The summed E-state index contributed by atoms with van der Waals surface area (Å²) in [5.74, 6) is 7.56. The minimum atomic E-state index is -0.255. The lowest BCUT2D eigenvalue weighted by Crippen LogP contribution is -2.23. The van der Waals surface area contributed by atoms with Crippen LogP contribution in [-0.4, -0.2) is 34.3 Å². The van der Waals surface area contributed by atoms with E-state index in [0.29, 0.717) is 12.4 Å². The lowest BCUT2D eigenvalue weighted by atomic mass is 10.3. The van der Waals surface area contributed by atoms with E-state index < -0.39 is 0 Å². The lowest BCUT2D eigenvalue weighted by Gasteiger charge is -2.17. The van der Waals surface area contributed by atoms with Crippen molar-refractivity contribution in [1.29, 1.82) is 0 Å². The minimum absolute atomic E-state index is 0.255. The van der Waals surface area contributed by atoms with Gasteiger partial charge in [0.25, 0.3) is 0 Å².